The van der Waals surface area contributed by atoms with E-state index in [9.17, 15) is 22.8 Å². The first-order chi connectivity index (χ1) is 16.0. The van der Waals surface area contributed by atoms with Crippen LogP contribution in [-0.4, -0.2) is 47.6 Å². The second-order valence-corrected chi connectivity index (χ2v) is 9.33. The molecule has 0 unspecified atom stereocenters. The highest BCUT2D eigenvalue weighted by atomic mass is 35.5. The number of nitrogens with zero attached hydrogens (tertiary/aromatic N) is 2. The van der Waals surface area contributed by atoms with E-state index in [0.717, 1.165) is 24.2 Å². The van der Waals surface area contributed by atoms with Gasteiger partial charge in [-0.15, -0.1) is 11.3 Å². The van der Waals surface area contributed by atoms with Crippen molar-refractivity contribution in [2.75, 3.05) is 26.1 Å². The van der Waals surface area contributed by atoms with Crippen molar-refractivity contribution < 1.29 is 32.2 Å². The van der Waals surface area contributed by atoms with E-state index < -0.39 is 23.8 Å². The highest BCUT2D eigenvalue weighted by Crippen LogP contribution is 2.46. The number of carbonyl (C=O) groups is 2. The first kappa shape index (κ1) is 26.2. The van der Waals surface area contributed by atoms with Gasteiger partial charge in [0.05, 0.1) is 30.5 Å². The molecular weight excluding hydrogens is 517 g/mol. The van der Waals surface area contributed by atoms with Gasteiger partial charge < -0.3 is 20.1 Å². The summed E-state index contributed by atoms with van der Waals surface area (Å²) in [5.74, 6) is -1.24. The highest BCUT2D eigenvalue weighted by Gasteiger charge is 2.41. The molecule has 2 N–H and O–H groups in total. The van der Waals surface area contributed by atoms with Crippen molar-refractivity contribution in [1.29, 1.82) is 0 Å². The number of nitrogens with one attached hydrogen (secondary N) is 2. The summed E-state index contributed by atoms with van der Waals surface area (Å²) in [6.45, 7) is 2.13. The maximum Gasteiger partial charge on any atom is 0.436 e. The van der Waals surface area contributed by atoms with Gasteiger partial charge in [0.2, 0.25) is 0 Å². The highest BCUT2D eigenvalue weighted by molar-refractivity contribution is 7.80. The van der Waals surface area contributed by atoms with Crippen molar-refractivity contribution in [3.8, 4) is 0 Å². The van der Waals surface area contributed by atoms with Crippen LogP contribution in [0.5, 0.6) is 0 Å². The van der Waals surface area contributed by atoms with Crippen LogP contribution in [0.2, 0.25) is 5.02 Å². The Hall–Kier alpha value is -2.38. The molecule has 0 radical (unpaired) electrons. The molecule has 186 valence electrons. The number of rotatable bonds is 8. The molecule has 0 aliphatic heterocycles. The third-order valence-electron chi connectivity index (χ3n) is 5.13. The first-order valence-electron chi connectivity index (χ1n) is 10.2. The van der Waals surface area contributed by atoms with Gasteiger partial charge in [-0.1, -0.05) is 11.6 Å². The van der Waals surface area contributed by atoms with Gasteiger partial charge >= 0.3 is 18.1 Å². The Morgan fingerprint density at radius 1 is 1.26 bits per heavy atom. The Bertz CT molecular complexity index is 1110. The van der Waals surface area contributed by atoms with Crippen LogP contribution in [0, 0.1) is 6.92 Å². The Balaban J connectivity index is 1.63. The zero-order chi connectivity index (χ0) is 25.2. The normalized spacial score (nSPS) is 13.5. The number of aromatic nitrogens is 2. The van der Waals surface area contributed by atoms with Crippen molar-refractivity contribution in [3.63, 3.8) is 0 Å². The summed E-state index contributed by atoms with van der Waals surface area (Å²) < 4.78 is 50.4. The first-order valence-corrected chi connectivity index (χ1v) is 11.8. The van der Waals surface area contributed by atoms with Gasteiger partial charge in [0.1, 0.15) is 9.88 Å². The summed E-state index contributed by atoms with van der Waals surface area (Å²) in [6.07, 6.45) is -2.64. The van der Waals surface area contributed by atoms with E-state index in [1.165, 1.54) is 18.9 Å². The molecule has 0 aromatic carbocycles. The summed E-state index contributed by atoms with van der Waals surface area (Å²) in [4.78, 5) is 24.4. The SMILES string of the molecule is COC(=O)c1sc(NC(=S)NCCCn2nc(C(F)(F)F)c(Cl)c2C2CC2)c(C(=O)OC)c1C. The maximum absolute atomic E-state index is 13.2. The molecule has 1 fully saturated rings. The molecule has 2 aromatic rings. The molecule has 34 heavy (non-hydrogen) atoms. The number of halogens is 4. The fraction of sp³-hybridized carbons (Fsp3) is 0.500. The number of alkyl halides is 3. The van der Waals surface area contributed by atoms with Crippen LogP contribution in [0.1, 0.15) is 62.2 Å². The summed E-state index contributed by atoms with van der Waals surface area (Å²) >= 11 is 12.2. The minimum Gasteiger partial charge on any atom is -0.465 e. The molecule has 1 aliphatic carbocycles. The molecule has 1 aliphatic rings. The number of methoxy groups -OCH3 is 2. The summed E-state index contributed by atoms with van der Waals surface area (Å²) in [5.41, 5.74) is -0.0811. The Morgan fingerprint density at radius 3 is 2.47 bits per heavy atom. The van der Waals surface area contributed by atoms with Gasteiger partial charge in [0.25, 0.3) is 0 Å². The molecular formula is C20H22ClF3N4O4S2. The van der Waals surface area contributed by atoms with Crippen LogP contribution in [0.25, 0.3) is 0 Å². The zero-order valence-electron chi connectivity index (χ0n) is 18.5. The number of carbonyl (C=O) groups excluding carboxylic acids is 2. The Kier molecular flexibility index (Phi) is 8.09. The topological polar surface area (TPSA) is 94.5 Å². The van der Waals surface area contributed by atoms with Crippen molar-refractivity contribution in [1.82, 2.24) is 15.1 Å². The van der Waals surface area contributed by atoms with Gasteiger partial charge in [0.15, 0.2) is 10.8 Å². The molecule has 2 heterocycles. The Morgan fingerprint density at radius 2 is 1.91 bits per heavy atom. The number of hydrogen-bond donors (Lipinski definition) is 2. The summed E-state index contributed by atoms with van der Waals surface area (Å²) in [7, 11) is 2.46. The lowest BCUT2D eigenvalue weighted by Crippen LogP contribution is -2.30. The molecule has 14 heteroatoms. The lowest BCUT2D eigenvalue weighted by molar-refractivity contribution is -0.141. The van der Waals surface area contributed by atoms with Crippen LogP contribution < -0.4 is 10.6 Å². The number of thiophene rings is 1. The fourth-order valence-electron chi connectivity index (χ4n) is 3.37. The van der Waals surface area contributed by atoms with E-state index in [0.29, 0.717) is 29.2 Å². The van der Waals surface area contributed by atoms with Gasteiger partial charge in [-0.2, -0.15) is 18.3 Å². The van der Waals surface area contributed by atoms with E-state index in [-0.39, 0.29) is 33.0 Å². The number of aryl methyl sites for hydroxylation is 1. The van der Waals surface area contributed by atoms with Crippen molar-refractivity contribution in [3.05, 3.63) is 32.4 Å². The number of thiocarbonyl (C=S) groups is 1. The minimum absolute atomic E-state index is 0.00498. The predicted octanol–water partition coefficient (Wildman–Crippen LogP) is 4.75. The van der Waals surface area contributed by atoms with Gasteiger partial charge in [-0.05, 0) is 44.0 Å². The average molecular weight is 539 g/mol. The van der Waals surface area contributed by atoms with E-state index in [4.69, 9.17) is 33.3 Å². The van der Waals surface area contributed by atoms with Crippen molar-refractivity contribution >= 4 is 57.2 Å². The largest absolute Gasteiger partial charge is 0.465 e. The lowest BCUT2D eigenvalue weighted by Gasteiger charge is -2.11. The summed E-state index contributed by atoms with van der Waals surface area (Å²) in [6, 6.07) is 0. The van der Waals surface area contributed by atoms with Gasteiger partial charge in [0, 0.05) is 19.0 Å². The lowest BCUT2D eigenvalue weighted by atomic mass is 10.1. The van der Waals surface area contributed by atoms with E-state index in [1.54, 1.807) is 6.92 Å². The molecule has 0 spiro atoms. The second-order valence-electron chi connectivity index (χ2n) is 7.52. The van der Waals surface area contributed by atoms with Crippen LogP contribution >= 0.6 is 35.2 Å². The van der Waals surface area contributed by atoms with Gasteiger partial charge in [-0.25, -0.2) is 9.59 Å². The molecule has 0 amide bonds. The molecule has 0 bridgehead atoms. The molecule has 2 aromatic heterocycles. The molecule has 0 saturated heterocycles. The van der Waals surface area contributed by atoms with Crippen molar-refractivity contribution in [2.45, 2.75) is 44.8 Å². The summed E-state index contributed by atoms with van der Waals surface area (Å²) in [5, 5.41) is 9.65. The predicted molar refractivity (Wildman–Crippen MR) is 125 cm³/mol. The van der Waals surface area contributed by atoms with Crippen LogP contribution in [-0.2, 0) is 22.2 Å². The molecule has 3 rings (SSSR count). The zero-order valence-corrected chi connectivity index (χ0v) is 20.9. The number of hydrogen-bond acceptors (Lipinski definition) is 7. The Labute approximate surface area is 207 Å². The van der Waals surface area contributed by atoms with Crippen molar-refractivity contribution in [2.24, 2.45) is 0 Å². The number of esters is 2. The quantitative estimate of drug-likeness (QED) is 0.282. The molecule has 0 atom stereocenters. The van der Waals surface area contributed by atoms with Crippen LogP contribution in [0.3, 0.4) is 0 Å². The molecule has 8 nitrogen and oxygen atoms in total. The monoisotopic (exact) mass is 538 g/mol. The smallest absolute Gasteiger partial charge is 0.436 e. The van der Waals surface area contributed by atoms with E-state index in [2.05, 4.69) is 15.7 Å². The molecule has 1 saturated carbocycles. The fourth-order valence-corrected chi connectivity index (χ4v) is 5.15. The van der Waals surface area contributed by atoms with Crippen LogP contribution in [0.15, 0.2) is 0 Å². The van der Waals surface area contributed by atoms with E-state index in [1.807, 2.05) is 0 Å². The van der Waals surface area contributed by atoms with Gasteiger partial charge in [-0.3, -0.25) is 4.68 Å². The van der Waals surface area contributed by atoms with E-state index >= 15 is 0 Å². The van der Waals surface area contributed by atoms with Crippen LogP contribution in [0.4, 0.5) is 18.2 Å². The number of anilines is 1. The number of ether oxygens (including phenoxy) is 2. The maximum atomic E-state index is 13.2. The standard InChI is InChI=1S/C20H22ClF3N4O4S2/c1-9-11(17(29)31-2)16(34-14(9)18(30)32-3)26-19(33)25-7-4-8-28-13(10-5-6-10)12(21)15(27-28)20(22,23)24/h10H,4-8H2,1-3H3,(H2,25,26,33). The third kappa shape index (κ3) is 5.63. The second kappa shape index (κ2) is 10.5. The third-order valence-corrected chi connectivity index (χ3v) is 6.94. The average Bonchev–Trinajstić information content (AvgIpc) is 3.48. The minimum atomic E-state index is -4.62.